The van der Waals surface area contributed by atoms with Crippen molar-refractivity contribution < 1.29 is 4.39 Å². The summed E-state index contributed by atoms with van der Waals surface area (Å²) in [7, 11) is 0. The molecule has 22 heavy (non-hydrogen) atoms. The van der Waals surface area contributed by atoms with Gasteiger partial charge in [-0.3, -0.25) is 0 Å². The van der Waals surface area contributed by atoms with Crippen LogP contribution in [0.3, 0.4) is 0 Å². The predicted molar refractivity (Wildman–Crippen MR) is 90.1 cm³/mol. The van der Waals surface area contributed by atoms with Crippen LogP contribution in [0.5, 0.6) is 0 Å². The summed E-state index contributed by atoms with van der Waals surface area (Å²) in [6, 6.07) is 3.36. The summed E-state index contributed by atoms with van der Waals surface area (Å²) in [5.74, 6) is 0.533. The topological polar surface area (TPSA) is 43.2 Å². The summed E-state index contributed by atoms with van der Waals surface area (Å²) in [6.07, 6.45) is 1.72. The number of aliphatic imine (C=N–C) groups is 1. The van der Waals surface area contributed by atoms with Gasteiger partial charge in [-0.1, -0.05) is 0 Å². The number of fused-ring (bicyclic) bond motifs is 1. The van der Waals surface area contributed by atoms with Crippen molar-refractivity contribution in [3.63, 3.8) is 0 Å². The van der Waals surface area contributed by atoms with E-state index in [2.05, 4.69) is 36.2 Å². The molecule has 1 aromatic carbocycles. The van der Waals surface area contributed by atoms with Gasteiger partial charge in [-0.25, -0.2) is 14.4 Å². The second kappa shape index (κ2) is 6.34. The quantitative estimate of drug-likeness (QED) is 0.776. The Morgan fingerprint density at radius 1 is 1.41 bits per heavy atom. The summed E-state index contributed by atoms with van der Waals surface area (Å²) < 4.78 is 15.0. The highest BCUT2D eigenvalue weighted by atomic mass is 79.9. The highest BCUT2D eigenvalue weighted by molar-refractivity contribution is 9.10. The van der Waals surface area contributed by atoms with Gasteiger partial charge in [0.05, 0.1) is 16.2 Å². The maximum Gasteiger partial charge on any atom is 0.223 e. The highest BCUT2D eigenvalue weighted by Crippen LogP contribution is 2.39. The zero-order valence-electron chi connectivity index (χ0n) is 12.7. The van der Waals surface area contributed by atoms with Crippen LogP contribution in [0.4, 0.5) is 10.1 Å². The Kier molecular flexibility index (Phi) is 4.44. The molecule has 0 spiro atoms. The lowest BCUT2D eigenvalue weighted by Gasteiger charge is -2.39. The van der Waals surface area contributed by atoms with Crippen LogP contribution in [0, 0.1) is 5.82 Å². The number of hydrazone groups is 1. The molecule has 0 saturated carbocycles. The van der Waals surface area contributed by atoms with Gasteiger partial charge >= 0.3 is 0 Å². The minimum atomic E-state index is -0.260. The third kappa shape index (κ3) is 2.63. The van der Waals surface area contributed by atoms with Crippen molar-refractivity contribution in [2.45, 2.75) is 19.9 Å². The maximum absolute atomic E-state index is 14.5. The van der Waals surface area contributed by atoms with Gasteiger partial charge in [-0.15, -0.1) is 0 Å². The molecule has 3 rings (SSSR count). The van der Waals surface area contributed by atoms with Crippen LogP contribution >= 0.6 is 15.9 Å². The Hall–Kier alpha value is -1.47. The van der Waals surface area contributed by atoms with Gasteiger partial charge in [0, 0.05) is 38.0 Å². The van der Waals surface area contributed by atoms with Crippen LogP contribution in [0.2, 0.25) is 0 Å². The average Bonchev–Trinajstić information content (AvgIpc) is 2.54. The van der Waals surface area contributed by atoms with Crippen molar-refractivity contribution in [1.29, 1.82) is 0 Å². The van der Waals surface area contributed by atoms with E-state index in [0.29, 0.717) is 15.7 Å². The van der Waals surface area contributed by atoms with Gasteiger partial charge < -0.3 is 10.2 Å². The van der Waals surface area contributed by atoms with Crippen molar-refractivity contribution in [2.24, 2.45) is 10.1 Å². The smallest absolute Gasteiger partial charge is 0.223 e. The first-order chi connectivity index (χ1) is 10.6. The zero-order chi connectivity index (χ0) is 15.7. The molecule has 2 aliphatic rings. The number of hydrogen-bond acceptors (Lipinski definition) is 5. The van der Waals surface area contributed by atoms with E-state index >= 15 is 0 Å². The van der Waals surface area contributed by atoms with Crippen molar-refractivity contribution >= 4 is 33.8 Å². The number of guanidine groups is 1. The molecule has 1 unspecified atom stereocenters. The molecule has 5 nitrogen and oxygen atoms in total. The fraction of sp³-hybridized carbons (Fsp3) is 0.467. The van der Waals surface area contributed by atoms with E-state index in [-0.39, 0.29) is 11.9 Å². The van der Waals surface area contributed by atoms with Gasteiger partial charge in [0.2, 0.25) is 5.96 Å². The number of hydrogen-bond donors (Lipinski definition) is 1. The largest absolute Gasteiger partial charge is 0.338 e. The molecule has 2 aliphatic heterocycles. The molecule has 1 aromatic rings. The molecular weight excluding hydrogens is 349 g/mol. The Morgan fingerprint density at radius 3 is 2.82 bits per heavy atom. The molecule has 118 valence electrons. The van der Waals surface area contributed by atoms with Gasteiger partial charge in [0.15, 0.2) is 0 Å². The second-order valence-corrected chi connectivity index (χ2v) is 6.19. The first-order valence-corrected chi connectivity index (χ1v) is 8.23. The number of rotatable bonds is 1. The number of halogens is 2. The molecule has 1 N–H and O–H groups in total. The Labute approximate surface area is 138 Å². The molecule has 0 aliphatic carbocycles. The summed E-state index contributed by atoms with van der Waals surface area (Å²) >= 11 is 3.25. The van der Waals surface area contributed by atoms with E-state index in [4.69, 9.17) is 0 Å². The third-order valence-electron chi connectivity index (χ3n) is 3.96. The Morgan fingerprint density at radius 2 is 2.14 bits per heavy atom. The Bertz CT molecular complexity index is 625. The number of nitrogens with zero attached hydrogens (tertiary/aromatic N) is 4. The lowest BCUT2D eigenvalue weighted by atomic mass is 10.0. The molecule has 1 fully saturated rings. The van der Waals surface area contributed by atoms with E-state index in [0.717, 1.165) is 32.1 Å². The minimum Gasteiger partial charge on any atom is -0.338 e. The lowest BCUT2D eigenvalue weighted by molar-refractivity contribution is 0.255. The standard InChI is InChI=1S/C15H19BrFN5/c1-3-19-22-10(2)13-12(5-4-11(16)14(13)17)20-15(22)21-8-6-18-7-9-21/h3-5,10,18H,6-9H2,1-2H3/b19-3-. The first kappa shape index (κ1) is 15.4. The summed E-state index contributed by atoms with van der Waals surface area (Å²) in [6.45, 7) is 7.38. The van der Waals surface area contributed by atoms with Crippen molar-refractivity contribution in [3.8, 4) is 0 Å². The molecule has 0 radical (unpaired) electrons. The normalized spacial score (nSPS) is 22.0. The predicted octanol–water partition coefficient (Wildman–Crippen LogP) is 2.86. The molecule has 7 heteroatoms. The second-order valence-electron chi connectivity index (χ2n) is 5.34. The lowest BCUT2D eigenvalue weighted by Crippen LogP contribution is -2.52. The van der Waals surface area contributed by atoms with Crippen molar-refractivity contribution in [3.05, 3.63) is 28.0 Å². The van der Waals surface area contributed by atoms with Crippen LogP contribution in [0.1, 0.15) is 25.5 Å². The number of nitrogens with one attached hydrogen (secondary N) is 1. The summed E-state index contributed by atoms with van der Waals surface area (Å²) in [5, 5.41) is 9.56. The molecular formula is C15H19BrFN5. The molecule has 0 amide bonds. The number of benzene rings is 1. The van der Waals surface area contributed by atoms with E-state index in [1.807, 2.05) is 24.9 Å². The Balaban J connectivity index is 2.09. The molecule has 2 heterocycles. The van der Waals surface area contributed by atoms with Gasteiger partial charge in [0.25, 0.3) is 0 Å². The van der Waals surface area contributed by atoms with Crippen molar-refractivity contribution in [2.75, 3.05) is 26.2 Å². The fourth-order valence-electron chi connectivity index (χ4n) is 2.86. The van der Waals surface area contributed by atoms with Crippen LogP contribution in [0.25, 0.3) is 0 Å². The average molecular weight is 368 g/mol. The monoisotopic (exact) mass is 367 g/mol. The SMILES string of the molecule is C/C=N\N1C(N2CCNCC2)=Nc2ccc(Br)c(F)c2C1C. The van der Waals surface area contributed by atoms with E-state index in [9.17, 15) is 4.39 Å². The molecule has 1 atom stereocenters. The van der Waals surface area contributed by atoms with Gasteiger partial charge in [0.1, 0.15) is 5.82 Å². The summed E-state index contributed by atoms with van der Waals surface area (Å²) in [5.41, 5.74) is 1.27. The fourth-order valence-corrected chi connectivity index (χ4v) is 3.21. The zero-order valence-corrected chi connectivity index (χ0v) is 14.3. The molecule has 0 aromatic heterocycles. The molecule has 0 bridgehead atoms. The third-order valence-corrected chi connectivity index (χ3v) is 4.57. The molecule has 1 saturated heterocycles. The maximum atomic E-state index is 14.5. The van der Waals surface area contributed by atoms with Gasteiger partial charge in [-0.05, 0) is 41.9 Å². The number of piperazine rings is 1. The van der Waals surface area contributed by atoms with Crippen LogP contribution < -0.4 is 5.32 Å². The minimum absolute atomic E-state index is 0.203. The van der Waals surface area contributed by atoms with Crippen molar-refractivity contribution in [1.82, 2.24) is 15.2 Å². The van der Waals surface area contributed by atoms with Gasteiger partial charge in [-0.2, -0.15) is 5.10 Å². The van der Waals surface area contributed by atoms with Crippen LogP contribution in [0.15, 0.2) is 26.7 Å². The van der Waals surface area contributed by atoms with E-state index in [1.165, 1.54) is 0 Å². The highest BCUT2D eigenvalue weighted by Gasteiger charge is 2.33. The summed E-state index contributed by atoms with van der Waals surface area (Å²) in [4.78, 5) is 6.88. The van der Waals surface area contributed by atoms with E-state index < -0.39 is 0 Å². The van der Waals surface area contributed by atoms with Crippen LogP contribution in [-0.4, -0.2) is 48.3 Å². The van der Waals surface area contributed by atoms with E-state index in [1.54, 1.807) is 12.3 Å². The first-order valence-electron chi connectivity index (χ1n) is 7.43. The van der Waals surface area contributed by atoms with Crippen LogP contribution in [-0.2, 0) is 0 Å².